The van der Waals surface area contributed by atoms with Crippen LogP contribution in [-0.2, 0) is 9.53 Å². The maximum atomic E-state index is 12.7. The van der Waals surface area contributed by atoms with Crippen LogP contribution in [0.1, 0.15) is 6.42 Å². The number of hydrogen-bond acceptors (Lipinski definition) is 3. The summed E-state index contributed by atoms with van der Waals surface area (Å²) in [6, 6.07) is -0.731. The molecule has 1 N–H and O–H groups in total. The topological polar surface area (TPSA) is 38.3 Å². The molecule has 0 aromatic carbocycles. The van der Waals surface area contributed by atoms with E-state index in [0.29, 0.717) is 13.0 Å². The number of halogens is 1. The van der Waals surface area contributed by atoms with Gasteiger partial charge in [-0.2, -0.15) is 0 Å². The second-order valence-electron chi connectivity index (χ2n) is 2.26. The van der Waals surface area contributed by atoms with Crippen LogP contribution in [0.3, 0.4) is 0 Å². The highest BCUT2D eigenvalue weighted by Crippen LogP contribution is 2.11. The highest BCUT2D eigenvalue weighted by atomic mass is 19.1. The molecule has 0 aromatic rings. The second kappa shape index (κ2) is 2.96. The molecule has 1 saturated heterocycles. The Kier molecular flexibility index (Phi) is 2.21. The third-order valence-electron chi connectivity index (χ3n) is 1.60. The minimum Gasteiger partial charge on any atom is -0.468 e. The van der Waals surface area contributed by atoms with Gasteiger partial charge >= 0.3 is 5.97 Å². The van der Waals surface area contributed by atoms with Gasteiger partial charge in [-0.1, -0.05) is 0 Å². The molecule has 1 fully saturated rings. The third kappa shape index (κ3) is 1.26. The summed E-state index contributed by atoms with van der Waals surface area (Å²) in [5, 5.41) is 2.71. The first kappa shape index (κ1) is 7.47. The Labute approximate surface area is 58.5 Å². The summed E-state index contributed by atoms with van der Waals surface area (Å²) in [5.74, 6) is -0.509. The van der Waals surface area contributed by atoms with Crippen LogP contribution in [0.25, 0.3) is 0 Å². The number of ether oxygens (including phenoxy) is 1. The number of methoxy groups -OCH3 is 1. The first-order valence-electron chi connectivity index (χ1n) is 3.21. The van der Waals surface area contributed by atoms with E-state index in [9.17, 15) is 9.18 Å². The van der Waals surface area contributed by atoms with Crippen molar-refractivity contribution in [3.05, 3.63) is 0 Å². The Bertz CT molecular complexity index is 140. The summed E-state index contributed by atoms with van der Waals surface area (Å²) in [7, 11) is 1.26. The average molecular weight is 147 g/mol. The van der Waals surface area contributed by atoms with Gasteiger partial charge in [0, 0.05) is 0 Å². The molecular formula is C6H10FNO2. The van der Waals surface area contributed by atoms with Gasteiger partial charge in [-0.25, -0.2) is 4.39 Å². The lowest BCUT2D eigenvalue weighted by molar-refractivity contribution is -0.143. The summed E-state index contributed by atoms with van der Waals surface area (Å²) >= 11 is 0. The molecule has 1 unspecified atom stereocenters. The van der Waals surface area contributed by atoms with E-state index in [1.54, 1.807) is 0 Å². The number of carbonyl (C=O) groups is 1. The van der Waals surface area contributed by atoms with Crippen molar-refractivity contribution in [1.82, 2.24) is 5.32 Å². The molecule has 0 bridgehead atoms. The van der Waals surface area contributed by atoms with E-state index < -0.39 is 18.2 Å². The van der Waals surface area contributed by atoms with Crippen molar-refractivity contribution in [2.75, 3.05) is 13.7 Å². The van der Waals surface area contributed by atoms with Crippen LogP contribution >= 0.6 is 0 Å². The monoisotopic (exact) mass is 147 g/mol. The van der Waals surface area contributed by atoms with Crippen LogP contribution in [0.15, 0.2) is 0 Å². The minimum atomic E-state index is -1.08. The second-order valence-corrected chi connectivity index (χ2v) is 2.26. The molecule has 0 spiro atoms. The van der Waals surface area contributed by atoms with Gasteiger partial charge in [-0.15, -0.1) is 0 Å². The van der Waals surface area contributed by atoms with Crippen LogP contribution in [0, 0.1) is 0 Å². The minimum absolute atomic E-state index is 0.403. The van der Waals surface area contributed by atoms with Gasteiger partial charge in [0.2, 0.25) is 0 Å². The van der Waals surface area contributed by atoms with Crippen LogP contribution in [0.5, 0.6) is 0 Å². The van der Waals surface area contributed by atoms with E-state index in [4.69, 9.17) is 0 Å². The summed E-state index contributed by atoms with van der Waals surface area (Å²) in [6.45, 7) is 0.556. The van der Waals surface area contributed by atoms with Crippen LogP contribution < -0.4 is 5.32 Å². The van der Waals surface area contributed by atoms with Gasteiger partial charge in [0.1, 0.15) is 12.2 Å². The van der Waals surface area contributed by atoms with E-state index >= 15 is 0 Å². The van der Waals surface area contributed by atoms with Gasteiger partial charge in [0.05, 0.1) is 7.11 Å². The molecule has 4 heteroatoms. The molecule has 0 amide bonds. The molecule has 0 aromatic heterocycles. The number of hydrogen-bond donors (Lipinski definition) is 1. The van der Waals surface area contributed by atoms with Crippen molar-refractivity contribution in [2.45, 2.75) is 18.6 Å². The van der Waals surface area contributed by atoms with Crippen LogP contribution in [-0.4, -0.2) is 31.8 Å². The number of esters is 1. The predicted octanol–water partition coefficient (Wildman–Crippen LogP) is -0.141. The molecule has 3 nitrogen and oxygen atoms in total. The molecule has 0 aliphatic carbocycles. The van der Waals surface area contributed by atoms with E-state index in [1.807, 2.05) is 0 Å². The molecule has 1 aliphatic heterocycles. The Balaban J connectivity index is 2.46. The molecule has 1 heterocycles. The Morgan fingerprint density at radius 2 is 2.50 bits per heavy atom. The lowest BCUT2D eigenvalue weighted by Crippen LogP contribution is -2.37. The fraction of sp³-hybridized carbons (Fsp3) is 0.833. The fourth-order valence-corrected chi connectivity index (χ4v) is 1.03. The molecular weight excluding hydrogens is 137 g/mol. The molecule has 1 aliphatic rings. The number of nitrogens with one attached hydrogen (secondary N) is 1. The highest BCUT2D eigenvalue weighted by Gasteiger charge is 2.33. The number of rotatable bonds is 1. The van der Waals surface area contributed by atoms with Crippen molar-refractivity contribution in [2.24, 2.45) is 0 Å². The molecule has 10 heavy (non-hydrogen) atoms. The first-order chi connectivity index (χ1) is 4.75. The average Bonchev–Trinajstić information content (AvgIpc) is 2.34. The lowest BCUT2D eigenvalue weighted by atomic mass is 10.2. The van der Waals surface area contributed by atoms with E-state index in [-0.39, 0.29) is 0 Å². The maximum absolute atomic E-state index is 12.7. The lowest BCUT2D eigenvalue weighted by Gasteiger charge is -2.08. The maximum Gasteiger partial charge on any atom is 0.325 e. The molecule has 0 saturated carbocycles. The highest BCUT2D eigenvalue weighted by molar-refractivity contribution is 5.76. The third-order valence-corrected chi connectivity index (χ3v) is 1.60. The van der Waals surface area contributed by atoms with Gasteiger partial charge in [-0.05, 0) is 13.0 Å². The Morgan fingerprint density at radius 3 is 2.90 bits per heavy atom. The van der Waals surface area contributed by atoms with E-state index in [1.165, 1.54) is 7.11 Å². The quantitative estimate of drug-likeness (QED) is 0.524. The van der Waals surface area contributed by atoms with Crippen molar-refractivity contribution < 1.29 is 13.9 Å². The van der Waals surface area contributed by atoms with Gasteiger partial charge in [-0.3, -0.25) is 4.79 Å². The smallest absolute Gasteiger partial charge is 0.325 e. The van der Waals surface area contributed by atoms with Gasteiger partial charge in [0.15, 0.2) is 0 Å². The molecule has 0 radical (unpaired) electrons. The van der Waals surface area contributed by atoms with E-state index in [2.05, 4.69) is 10.1 Å². The van der Waals surface area contributed by atoms with Gasteiger partial charge < -0.3 is 10.1 Å². The predicted molar refractivity (Wildman–Crippen MR) is 33.3 cm³/mol. The zero-order valence-electron chi connectivity index (χ0n) is 5.76. The Morgan fingerprint density at radius 1 is 1.80 bits per heavy atom. The summed E-state index contributed by atoms with van der Waals surface area (Å²) in [5.41, 5.74) is 0. The van der Waals surface area contributed by atoms with Crippen molar-refractivity contribution in [3.8, 4) is 0 Å². The van der Waals surface area contributed by atoms with Crippen molar-refractivity contribution in [3.63, 3.8) is 0 Å². The first-order valence-corrected chi connectivity index (χ1v) is 3.21. The zero-order chi connectivity index (χ0) is 7.56. The SMILES string of the molecule is COC(=O)C1NCC[C@@H]1F. The summed E-state index contributed by atoms with van der Waals surface area (Å²) < 4.78 is 17.0. The number of alkyl halides is 1. The Hall–Kier alpha value is -0.640. The van der Waals surface area contributed by atoms with E-state index in [0.717, 1.165) is 0 Å². The largest absolute Gasteiger partial charge is 0.468 e. The van der Waals surface area contributed by atoms with Crippen LogP contribution in [0.4, 0.5) is 4.39 Å². The fourth-order valence-electron chi connectivity index (χ4n) is 1.03. The van der Waals surface area contributed by atoms with Crippen molar-refractivity contribution in [1.29, 1.82) is 0 Å². The molecule has 1 rings (SSSR count). The molecule has 2 atom stereocenters. The van der Waals surface area contributed by atoms with Gasteiger partial charge in [0.25, 0.3) is 0 Å². The number of carbonyl (C=O) groups excluding carboxylic acids is 1. The van der Waals surface area contributed by atoms with Crippen molar-refractivity contribution >= 4 is 5.97 Å². The molecule has 58 valence electrons. The zero-order valence-corrected chi connectivity index (χ0v) is 5.76. The normalized spacial score (nSPS) is 32.2. The standard InChI is InChI=1S/C6H10FNO2/c1-10-6(9)5-4(7)2-3-8-5/h4-5,8H,2-3H2,1H3/t4-,5?/m0/s1. The van der Waals surface area contributed by atoms with Crippen LogP contribution in [0.2, 0.25) is 0 Å². The summed E-state index contributed by atoms with van der Waals surface area (Å²) in [4.78, 5) is 10.7. The summed E-state index contributed by atoms with van der Waals surface area (Å²) in [6.07, 6.45) is -0.674.